The summed E-state index contributed by atoms with van der Waals surface area (Å²) in [4.78, 5) is 2.46. The molecule has 0 aliphatic carbocycles. The zero-order valence-electron chi connectivity index (χ0n) is 13.4. The molecule has 5 heteroatoms. The zero-order chi connectivity index (χ0) is 14.6. The van der Waals surface area contributed by atoms with E-state index in [1.165, 1.54) is 0 Å². The quantitative estimate of drug-likeness (QED) is 0.577. The molecule has 1 fully saturated rings. The maximum absolute atomic E-state index is 5.69. The third kappa shape index (κ3) is 6.50. The molecular formula is C15H32N2O3. The van der Waals surface area contributed by atoms with Crippen molar-refractivity contribution in [1.29, 1.82) is 0 Å². The van der Waals surface area contributed by atoms with Crippen LogP contribution in [0.25, 0.3) is 0 Å². The second kappa shape index (κ2) is 11.5. The Kier molecular flexibility index (Phi) is 10.2. The summed E-state index contributed by atoms with van der Waals surface area (Å²) < 4.78 is 16.7. The van der Waals surface area contributed by atoms with E-state index in [4.69, 9.17) is 14.2 Å². The first kappa shape index (κ1) is 17.9. The van der Waals surface area contributed by atoms with Gasteiger partial charge >= 0.3 is 0 Å². The summed E-state index contributed by atoms with van der Waals surface area (Å²) in [6.07, 6.45) is 1.08. The van der Waals surface area contributed by atoms with E-state index in [1.54, 1.807) is 0 Å². The van der Waals surface area contributed by atoms with E-state index in [0.717, 1.165) is 65.7 Å². The van der Waals surface area contributed by atoms with Gasteiger partial charge in [0.25, 0.3) is 0 Å². The summed E-state index contributed by atoms with van der Waals surface area (Å²) in [6, 6.07) is 0.932. The number of ether oxygens (including phenoxy) is 3. The summed E-state index contributed by atoms with van der Waals surface area (Å²) >= 11 is 0. The van der Waals surface area contributed by atoms with Crippen molar-refractivity contribution in [1.82, 2.24) is 10.2 Å². The van der Waals surface area contributed by atoms with Crippen molar-refractivity contribution in [3.63, 3.8) is 0 Å². The minimum atomic E-state index is 0.421. The topological polar surface area (TPSA) is 43.0 Å². The molecule has 1 N–H and O–H groups in total. The second-order valence-corrected chi connectivity index (χ2v) is 5.02. The smallest absolute Gasteiger partial charge is 0.0637 e. The van der Waals surface area contributed by atoms with Gasteiger partial charge in [-0.3, -0.25) is 4.90 Å². The van der Waals surface area contributed by atoms with Crippen LogP contribution in [0.5, 0.6) is 0 Å². The van der Waals surface area contributed by atoms with Gasteiger partial charge in [0.05, 0.1) is 19.8 Å². The SMILES string of the molecule is CCNC1CCOCC1N(CCOCC)CCOCC. The number of hydrogen-bond donors (Lipinski definition) is 1. The first-order chi connectivity index (χ1) is 9.83. The van der Waals surface area contributed by atoms with Crippen molar-refractivity contribution in [2.45, 2.75) is 39.3 Å². The van der Waals surface area contributed by atoms with Crippen LogP contribution in [-0.2, 0) is 14.2 Å². The van der Waals surface area contributed by atoms with E-state index in [-0.39, 0.29) is 0 Å². The fraction of sp³-hybridized carbons (Fsp3) is 1.00. The fourth-order valence-corrected chi connectivity index (χ4v) is 2.68. The summed E-state index contributed by atoms with van der Waals surface area (Å²) in [5, 5.41) is 3.59. The van der Waals surface area contributed by atoms with Gasteiger partial charge in [0.2, 0.25) is 0 Å². The number of nitrogens with zero attached hydrogens (tertiary/aromatic N) is 1. The zero-order valence-corrected chi connectivity index (χ0v) is 13.4. The van der Waals surface area contributed by atoms with E-state index < -0.39 is 0 Å². The Morgan fingerprint density at radius 2 is 1.75 bits per heavy atom. The predicted octanol–water partition coefficient (Wildman–Crippen LogP) is 1.13. The molecule has 0 saturated carbocycles. The molecule has 1 aliphatic heterocycles. The molecule has 120 valence electrons. The molecule has 2 unspecified atom stereocenters. The van der Waals surface area contributed by atoms with Gasteiger partial charge in [0.15, 0.2) is 0 Å². The standard InChI is InChI=1S/C15H32N2O3/c1-4-16-14-7-10-20-13-15(14)17(8-11-18-5-2)9-12-19-6-3/h14-16H,4-13H2,1-3H3. The van der Waals surface area contributed by atoms with Crippen molar-refractivity contribution in [2.75, 3.05) is 59.3 Å². The Balaban J connectivity index is 2.51. The largest absolute Gasteiger partial charge is 0.380 e. The highest BCUT2D eigenvalue weighted by atomic mass is 16.5. The minimum Gasteiger partial charge on any atom is -0.380 e. The summed E-state index contributed by atoms with van der Waals surface area (Å²) in [5.41, 5.74) is 0. The molecule has 2 atom stereocenters. The number of nitrogens with one attached hydrogen (secondary N) is 1. The lowest BCUT2D eigenvalue weighted by atomic mass is 10.0. The third-order valence-electron chi connectivity index (χ3n) is 3.72. The predicted molar refractivity (Wildman–Crippen MR) is 81.2 cm³/mol. The molecule has 1 aliphatic rings. The highest BCUT2D eigenvalue weighted by Gasteiger charge is 2.29. The summed E-state index contributed by atoms with van der Waals surface area (Å²) in [7, 11) is 0. The first-order valence-electron chi connectivity index (χ1n) is 8.04. The highest BCUT2D eigenvalue weighted by Crippen LogP contribution is 2.14. The Labute approximate surface area is 123 Å². The molecule has 1 saturated heterocycles. The highest BCUT2D eigenvalue weighted by molar-refractivity contribution is 4.87. The lowest BCUT2D eigenvalue weighted by Gasteiger charge is -2.40. The normalized spacial score (nSPS) is 23.4. The van der Waals surface area contributed by atoms with Crippen molar-refractivity contribution in [3.8, 4) is 0 Å². The molecule has 0 spiro atoms. The van der Waals surface area contributed by atoms with Crippen LogP contribution in [0.2, 0.25) is 0 Å². The van der Waals surface area contributed by atoms with Crippen LogP contribution in [0.3, 0.4) is 0 Å². The molecule has 1 heterocycles. The van der Waals surface area contributed by atoms with Crippen molar-refractivity contribution >= 4 is 0 Å². The number of rotatable bonds is 11. The average Bonchev–Trinajstić information content (AvgIpc) is 2.47. The Morgan fingerprint density at radius 3 is 2.30 bits per heavy atom. The summed E-state index contributed by atoms with van der Waals surface area (Å²) in [5.74, 6) is 0. The van der Waals surface area contributed by atoms with E-state index in [0.29, 0.717) is 12.1 Å². The van der Waals surface area contributed by atoms with Gasteiger partial charge < -0.3 is 19.5 Å². The first-order valence-corrected chi connectivity index (χ1v) is 8.04. The molecule has 1 rings (SSSR count). The van der Waals surface area contributed by atoms with Crippen LogP contribution in [0.1, 0.15) is 27.2 Å². The van der Waals surface area contributed by atoms with Gasteiger partial charge in [-0.2, -0.15) is 0 Å². The third-order valence-corrected chi connectivity index (χ3v) is 3.72. The average molecular weight is 288 g/mol. The molecule has 0 aromatic carbocycles. The van der Waals surface area contributed by atoms with Crippen LogP contribution < -0.4 is 5.32 Å². The molecule has 0 amide bonds. The maximum Gasteiger partial charge on any atom is 0.0637 e. The molecule has 0 aromatic rings. The van der Waals surface area contributed by atoms with Gasteiger partial charge in [-0.1, -0.05) is 6.92 Å². The van der Waals surface area contributed by atoms with E-state index in [9.17, 15) is 0 Å². The van der Waals surface area contributed by atoms with Crippen LogP contribution in [0.4, 0.5) is 0 Å². The van der Waals surface area contributed by atoms with Gasteiger partial charge in [-0.15, -0.1) is 0 Å². The van der Waals surface area contributed by atoms with Crippen molar-refractivity contribution < 1.29 is 14.2 Å². The minimum absolute atomic E-state index is 0.421. The van der Waals surface area contributed by atoms with E-state index in [1.807, 2.05) is 13.8 Å². The van der Waals surface area contributed by atoms with Gasteiger partial charge in [-0.05, 0) is 26.8 Å². The lowest BCUT2D eigenvalue weighted by molar-refractivity contribution is -0.0218. The van der Waals surface area contributed by atoms with Crippen LogP contribution in [0.15, 0.2) is 0 Å². The molecule has 5 nitrogen and oxygen atoms in total. The monoisotopic (exact) mass is 288 g/mol. The second-order valence-electron chi connectivity index (χ2n) is 5.02. The molecule has 0 bridgehead atoms. The van der Waals surface area contributed by atoms with Crippen molar-refractivity contribution in [3.05, 3.63) is 0 Å². The number of hydrogen-bond acceptors (Lipinski definition) is 5. The van der Waals surface area contributed by atoms with Crippen LogP contribution in [-0.4, -0.2) is 76.3 Å². The fourth-order valence-electron chi connectivity index (χ4n) is 2.68. The van der Waals surface area contributed by atoms with Gasteiger partial charge in [0, 0.05) is 45.0 Å². The van der Waals surface area contributed by atoms with Crippen LogP contribution in [0, 0.1) is 0 Å². The number of likely N-dealkylation sites (N-methyl/N-ethyl adjacent to an activating group) is 1. The molecule has 20 heavy (non-hydrogen) atoms. The molecule has 0 radical (unpaired) electrons. The Morgan fingerprint density at radius 1 is 1.10 bits per heavy atom. The van der Waals surface area contributed by atoms with E-state index in [2.05, 4.69) is 17.1 Å². The van der Waals surface area contributed by atoms with Gasteiger partial charge in [-0.25, -0.2) is 0 Å². The molecule has 0 aromatic heterocycles. The summed E-state index contributed by atoms with van der Waals surface area (Å²) in [6.45, 7) is 13.9. The van der Waals surface area contributed by atoms with Crippen LogP contribution >= 0.6 is 0 Å². The Bertz CT molecular complexity index is 217. The van der Waals surface area contributed by atoms with Crippen molar-refractivity contribution in [2.24, 2.45) is 0 Å². The Hall–Kier alpha value is -0.200. The lowest BCUT2D eigenvalue weighted by Crippen LogP contribution is -2.56. The van der Waals surface area contributed by atoms with E-state index >= 15 is 0 Å². The van der Waals surface area contributed by atoms with Gasteiger partial charge in [0.1, 0.15) is 0 Å². The molecular weight excluding hydrogens is 256 g/mol. The maximum atomic E-state index is 5.69.